The second-order valence-corrected chi connectivity index (χ2v) is 5.82. The topological polar surface area (TPSA) is 29.1 Å². The molecule has 2 rings (SSSR count). The Balaban J connectivity index is 1.96. The van der Waals surface area contributed by atoms with E-state index in [1.807, 2.05) is 0 Å². The summed E-state index contributed by atoms with van der Waals surface area (Å²) in [6.45, 7) is 4.56. The van der Waals surface area contributed by atoms with Crippen LogP contribution in [0.4, 0.5) is 0 Å². The molecule has 1 aromatic rings. The molecule has 1 aliphatic rings. The van der Waals surface area contributed by atoms with Crippen molar-refractivity contribution in [3.63, 3.8) is 0 Å². The lowest BCUT2D eigenvalue weighted by Crippen LogP contribution is -2.35. The number of carbonyl (C=O) groups is 1. The molecule has 104 valence electrons. The minimum atomic E-state index is 0.00234. The highest BCUT2D eigenvalue weighted by Gasteiger charge is 2.19. The molecule has 0 spiro atoms. The van der Waals surface area contributed by atoms with Gasteiger partial charge in [0.05, 0.1) is 5.92 Å². The predicted molar refractivity (Wildman–Crippen MR) is 79.5 cm³/mol. The number of benzene rings is 1. The van der Waals surface area contributed by atoms with Crippen molar-refractivity contribution in [2.24, 2.45) is 0 Å². The average molecular weight is 259 g/mol. The minimum Gasteiger partial charge on any atom is -0.313 e. The highest BCUT2D eigenvalue weighted by atomic mass is 16.1. The number of carbonyl (C=O) groups excluding carboxylic acids is 1. The normalized spacial score (nSPS) is 18.2. The second kappa shape index (κ2) is 6.85. The van der Waals surface area contributed by atoms with Crippen LogP contribution in [0.25, 0.3) is 0 Å². The third-order valence-corrected chi connectivity index (χ3v) is 4.19. The summed E-state index contributed by atoms with van der Waals surface area (Å²) in [7, 11) is 0. The van der Waals surface area contributed by atoms with E-state index in [1.165, 1.54) is 37.7 Å². The maximum Gasteiger partial charge on any atom is 0.138 e. The third-order valence-electron chi connectivity index (χ3n) is 4.19. The maximum absolute atomic E-state index is 11.9. The predicted octanol–water partition coefficient (Wildman–Crippen LogP) is 3.59. The molecule has 0 unspecified atom stereocenters. The zero-order chi connectivity index (χ0) is 13.7. The van der Waals surface area contributed by atoms with Gasteiger partial charge in [-0.1, -0.05) is 49.1 Å². The fraction of sp³-hybridized carbons (Fsp3) is 0.588. The number of hydrogen-bond donors (Lipinski definition) is 1. The average Bonchev–Trinajstić information content (AvgIpc) is 2.42. The summed E-state index contributed by atoms with van der Waals surface area (Å²) in [5.41, 5.74) is 2.38. The van der Waals surface area contributed by atoms with E-state index >= 15 is 0 Å². The van der Waals surface area contributed by atoms with Gasteiger partial charge in [0.1, 0.15) is 5.78 Å². The number of aryl methyl sites for hydroxylation is 1. The Morgan fingerprint density at radius 2 is 1.84 bits per heavy atom. The van der Waals surface area contributed by atoms with Gasteiger partial charge in [-0.3, -0.25) is 4.79 Å². The van der Waals surface area contributed by atoms with Crippen LogP contribution in [0.1, 0.15) is 56.1 Å². The Morgan fingerprint density at radius 3 is 2.42 bits per heavy atom. The number of nitrogens with one attached hydrogen (secondary N) is 1. The lowest BCUT2D eigenvalue weighted by Gasteiger charge is -2.25. The van der Waals surface area contributed by atoms with E-state index in [-0.39, 0.29) is 11.7 Å². The molecule has 2 heteroatoms. The first kappa shape index (κ1) is 14.3. The standard InChI is InChI=1S/C17H25NO/c1-13-8-10-15(11-9-13)17(14(2)19)12-18-16-6-4-3-5-7-16/h8-11,16-18H,3-7,12H2,1-2H3/t17-/m0/s1. The number of Topliss-reactive ketones (excluding diaryl/α,β-unsaturated/α-hetero) is 1. The van der Waals surface area contributed by atoms with Crippen LogP contribution < -0.4 is 5.32 Å². The van der Waals surface area contributed by atoms with Crippen LogP contribution in [0.2, 0.25) is 0 Å². The van der Waals surface area contributed by atoms with Gasteiger partial charge < -0.3 is 5.32 Å². The molecule has 0 heterocycles. The largest absolute Gasteiger partial charge is 0.313 e. The minimum absolute atomic E-state index is 0.00234. The molecule has 1 aliphatic carbocycles. The quantitative estimate of drug-likeness (QED) is 0.875. The fourth-order valence-corrected chi connectivity index (χ4v) is 2.89. The van der Waals surface area contributed by atoms with E-state index in [0.717, 1.165) is 12.1 Å². The Labute approximate surface area is 116 Å². The van der Waals surface area contributed by atoms with Gasteiger partial charge in [0.15, 0.2) is 0 Å². The van der Waals surface area contributed by atoms with E-state index in [0.29, 0.717) is 6.04 Å². The zero-order valence-electron chi connectivity index (χ0n) is 12.1. The molecule has 1 aromatic carbocycles. The molecule has 0 saturated heterocycles. The van der Waals surface area contributed by atoms with Gasteiger partial charge >= 0.3 is 0 Å². The van der Waals surface area contributed by atoms with Gasteiger partial charge in [0, 0.05) is 12.6 Å². The Kier molecular flexibility index (Phi) is 5.15. The van der Waals surface area contributed by atoms with Gasteiger partial charge in [-0.25, -0.2) is 0 Å². The van der Waals surface area contributed by atoms with E-state index < -0.39 is 0 Å². The molecule has 19 heavy (non-hydrogen) atoms. The molecule has 0 bridgehead atoms. The van der Waals surface area contributed by atoms with E-state index in [4.69, 9.17) is 0 Å². The van der Waals surface area contributed by atoms with Gasteiger partial charge in [0.25, 0.3) is 0 Å². The molecule has 1 N–H and O–H groups in total. The van der Waals surface area contributed by atoms with Crippen LogP contribution in [0.3, 0.4) is 0 Å². The first-order chi connectivity index (χ1) is 9.16. The van der Waals surface area contributed by atoms with Crippen LogP contribution in [0.5, 0.6) is 0 Å². The molecular weight excluding hydrogens is 234 g/mol. The van der Waals surface area contributed by atoms with E-state index in [2.05, 4.69) is 36.5 Å². The van der Waals surface area contributed by atoms with Gasteiger partial charge in [0.2, 0.25) is 0 Å². The van der Waals surface area contributed by atoms with Gasteiger partial charge in [-0.2, -0.15) is 0 Å². The first-order valence-corrected chi connectivity index (χ1v) is 7.47. The van der Waals surface area contributed by atoms with Crippen molar-refractivity contribution in [2.75, 3.05) is 6.54 Å². The molecule has 0 aromatic heterocycles. The summed E-state index contributed by atoms with van der Waals surface area (Å²) in [5, 5.41) is 3.60. The zero-order valence-corrected chi connectivity index (χ0v) is 12.1. The molecule has 1 fully saturated rings. The number of hydrogen-bond acceptors (Lipinski definition) is 2. The molecule has 0 radical (unpaired) electrons. The van der Waals surface area contributed by atoms with Crippen LogP contribution in [-0.2, 0) is 4.79 Å². The van der Waals surface area contributed by atoms with Crippen molar-refractivity contribution in [3.05, 3.63) is 35.4 Å². The molecule has 0 amide bonds. The lowest BCUT2D eigenvalue weighted by atomic mass is 9.92. The van der Waals surface area contributed by atoms with E-state index in [9.17, 15) is 4.79 Å². The van der Waals surface area contributed by atoms with Crippen molar-refractivity contribution in [3.8, 4) is 0 Å². The summed E-state index contributed by atoms with van der Waals surface area (Å²) >= 11 is 0. The van der Waals surface area contributed by atoms with Crippen LogP contribution in [0, 0.1) is 6.92 Å². The smallest absolute Gasteiger partial charge is 0.138 e. The fourth-order valence-electron chi connectivity index (χ4n) is 2.89. The van der Waals surface area contributed by atoms with E-state index in [1.54, 1.807) is 6.92 Å². The monoisotopic (exact) mass is 259 g/mol. The summed E-state index contributed by atoms with van der Waals surface area (Å²) in [6, 6.07) is 8.96. The van der Waals surface area contributed by atoms with Crippen molar-refractivity contribution < 1.29 is 4.79 Å². The summed E-state index contributed by atoms with van der Waals surface area (Å²) in [5.74, 6) is 0.259. The second-order valence-electron chi connectivity index (χ2n) is 5.82. The van der Waals surface area contributed by atoms with Crippen LogP contribution >= 0.6 is 0 Å². The number of ketones is 1. The third kappa shape index (κ3) is 4.17. The summed E-state index contributed by atoms with van der Waals surface area (Å²) < 4.78 is 0. The highest BCUT2D eigenvalue weighted by Crippen LogP contribution is 2.20. The molecular formula is C17H25NO. The Bertz CT molecular complexity index is 404. The van der Waals surface area contributed by atoms with Gasteiger partial charge in [-0.15, -0.1) is 0 Å². The van der Waals surface area contributed by atoms with Crippen LogP contribution in [0.15, 0.2) is 24.3 Å². The first-order valence-electron chi connectivity index (χ1n) is 7.47. The Hall–Kier alpha value is -1.15. The molecule has 2 nitrogen and oxygen atoms in total. The van der Waals surface area contributed by atoms with Crippen molar-refractivity contribution in [1.29, 1.82) is 0 Å². The highest BCUT2D eigenvalue weighted by molar-refractivity contribution is 5.83. The molecule has 1 atom stereocenters. The SMILES string of the molecule is CC(=O)[C@H](CNC1CCCCC1)c1ccc(C)cc1. The molecule has 1 saturated carbocycles. The van der Waals surface area contributed by atoms with Gasteiger partial charge in [-0.05, 0) is 32.3 Å². The van der Waals surface area contributed by atoms with Crippen molar-refractivity contribution >= 4 is 5.78 Å². The molecule has 0 aliphatic heterocycles. The summed E-state index contributed by atoms with van der Waals surface area (Å²) in [6.07, 6.45) is 6.54. The van der Waals surface area contributed by atoms with Crippen molar-refractivity contribution in [1.82, 2.24) is 5.32 Å². The van der Waals surface area contributed by atoms with Crippen molar-refractivity contribution in [2.45, 2.75) is 57.9 Å². The maximum atomic E-state index is 11.9. The Morgan fingerprint density at radius 1 is 1.21 bits per heavy atom. The van der Waals surface area contributed by atoms with Crippen LogP contribution in [-0.4, -0.2) is 18.4 Å². The number of rotatable bonds is 5. The summed E-state index contributed by atoms with van der Waals surface area (Å²) in [4.78, 5) is 11.9. The lowest BCUT2D eigenvalue weighted by molar-refractivity contribution is -0.118.